The maximum Gasteiger partial charge on any atom is 0.317 e. The highest BCUT2D eigenvalue weighted by atomic mass is 16.2. The quantitative estimate of drug-likeness (QED) is 0.626. The molecule has 1 atom stereocenters. The second-order valence-corrected chi connectivity index (χ2v) is 4.25. The number of hydrogen-bond donors (Lipinski definition) is 1. The molecule has 6 heteroatoms. The van der Waals surface area contributed by atoms with Gasteiger partial charge in [0.05, 0.1) is 12.5 Å². The summed E-state index contributed by atoms with van der Waals surface area (Å²) >= 11 is 0. The van der Waals surface area contributed by atoms with Gasteiger partial charge in [0.2, 0.25) is 5.91 Å². The van der Waals surface area contributed by atoms with E-state index in [-0.39, 0.29) is 30.2 Å². The fourth-order valence-electron chi connectivity index (χ4n) is 2.16. The van der Waals surface area contributed by atoms with Gasteiger partial charge in [0.1, 0.15) is 5.78 Å². The van der Waals surface area contributed by atoms with E-state index in [4.69, 9.17) is 0 Å². The molecule has 0 bridgehead atoms. The van der Waals surface area contributed by atoms with E-state index in [1.165, 1.54) is 6.92 Å². The molecule has 0 aromatic heterocycles. The van der Waals surface area contributed by atoms with Gasteiger partial charge in [-0.2, -0.15) is 0 Å². The number of urea groups is 1. The molecule has 0 spiro atoms. The number of rotatable bonds is 2. The Morgan fingerprint density at radius 1 is 1.44 bits per heavy atom. The van der Waals surface area contributed by atoms with Crippen molar-refractivity contribution in [2.45, 2.75) is 19.4 Å². The Hall–Kier alpha value is -1.59. The number of nitrogens with zero attached hydrogens (tertiary/aromatic N) is 2. The second kappa shape index (κ2) is 4.11. The lowest BCUT2D eigenvalue weighted by molar-refractivity contribution is -0.136. The van der Waals surface area contributed by atoms with Crippen LogP contribution in [0.4, 0.5) is 4.79 Å². The number of Topliss-reactive ketones (excluding diaryl/α,β-unsaturated/α-hetero) is 1. The summed E-state index contributed by atoms with van der Waals surface area (Å²) in [5.41, 5.74) is 0. The van der Waals surface area contributed by atoms with Crippen LogP contribution in [0.15, 0.2) is 0 Å². The van der Waals surface area contributed by atoms with Crippen molar-refractivity contribution >= 4 is 17.7 Å². The van der Waals surface area contributed by atoms with Crippen LogP contribution in [0.1, 0.15) is 13.3 Å². The SMILES string of the molecule is CC(=O)CC(=O)N1CCN2C(=O)NCC2C1. The average Bonchev–Trinajstić information content (AvgIpc) is 2.59. The number of nitrogens with one attached hydrogen (secondary N) is 1. The van der Waals surface area contributed by atoms with Crippen molar-refractivity contribution < 1.29 is 14.4 Å². The molecule has 16 heavy (non-hydrogen) atoms. The van der Waals surface area contributed by atoms with Gasteiger partial charge in [-0.15, -0.1) is 0 Å². The molecule has 2 aliphatic rings. The molecule has 88 valence electrons. The molecule has 2 heterocycles. The molecule has 0 aliphatic carbocycles. The zero-order valence-corrected chi connectivity index (χ0v) is 9.23. The lowest BCUT2D eigenvalue weighted by Crippen LogP contribution is -2.53. The maximum absolute atomic E-state index is 11.7. The third kappa shape index (κ3) is 2.00. The van der Waals surface area contributed by atoms with E-state index in [1.54, 1.807) is 9.80 Å². The van der Waals surface area contributed by atoms with E-state index in [1.807, 2.05) is 0 Å². The van der Waals surface area contributed by atoms with Crippen LogP contribution in [-0.4, -0.2) is 59.7 Å². The third-order valence-electron chi connectivity index (χ3n) is 2.99. The summed E-state index contributed by atoms with van der Waals surface area (Å²) in [5, 5.41) is 2.74. The fourth-order valence-corrected chi connectivity index (χ4v) is 2.16. The minimum Gasteiger partial charge on any atom is -0.338 e. The van der Waals surface area contributed by atoms with E-state index in [0.29, 0.717) is 26.2 Å². The van der Waals surface area contributed by atoms with Gasteiger partial charge in [-0.3, -0.25) is 9.59 Å². The monoisotopic (exact) mass is 225 g/mol. The predicted molar refractivity (Wildman–Crippen MR) is 55.8 cm³/mol. The van der Waals surface area contributed by atoms with Gasteiger partial charge < -0.3 is 15.1 Å². The Morgan fingerprint density at radius 2 is 2.19 bits per heavy atom. The minimum absolute atomic E-state index is 0.0336. The number of carbonyl (C=O) groups excluding carboxylic acids is 3. The molecule has 2 fully saturated rings. The molecule has 2 saturated heterocycles. The predicted octanol–water partition coefficient (Wildman–Crippen LogP) is -0.798. The number of ketones is 1. The smallest absolute Gasteiger partial charge is 0.317 e. The van der Waals surface area contributed by atoms with E-state index < -0.39 is 0 Å². The first-order chi connectivity index (χ1) is 7.58. The zero-order valence-electron chi connectivity index (χ0n) is 9.23. The first-order valence-corrected chi connectivity index (χ1v) is 5.39. The van der Waals surface area contributed by atoms with Crippen molar-refractivity contribution in [2.75, 3.05) is 26.2 Å². The van der Waals surface area contributed by atoms with Crippen molar-refractivity contribution in [1.29, 1.82) is 0 Å². The van der Waals surface area contributed by atoms with Crippen LogP contribution in [0.2, 0.25) is 0 Å². The number of piperazine rings is 1. The van der Waals surface area contributed by atoms with E-state index in [9.17, 15) is 14.4 Å². The standard InChI is InChI=1S/C10H15N3O3/c1-7(14)4-9(15)12-2-3-13-8(6-12)5-11-10(13)16/h8H,2-6H2,1H3,(H,11,16). The summed E-state index contributed by atoms with van der Waals surface area (Å²) < 4.78 is 0. The van der Waals surface area contributed by atoms with Crippen LogP contribution >= 0.6 is 0 Å². The number of amides is 3. The highest BCUT2D eigenvalue weighted by Gasteiger charge is 2.36. The van der Waals surface area contributed by atoms with Gasteiger partial charge in [-0.25, -0.2) is 4.79 Å². The Morgan fingerprint density at radius 3 is 2.88 bits per heavy atom. The molecule has 2 rings (SSSR count). The Balaban J connectivity index is 1.94. The van der Waals surface area contributed by atoms with Gasteiger partial charge in [0.25, 0.3) is 0 Å². The largest absolute Gasteiger partial charge is 0.338 e. The van der Waals surface area contributed by atoms with Crippen LogP contribution in [0.25, 0.3) is 0 Å². The molecule has 0 saturated carbocycles. The molecular weight excluding hydrogens is 210 g/mol. The summed E-state index contributed by atoms with van der Waals surface area (Å²) in [6, 6.07) is 0.0147. The molecule has 6 nitrogen and oxygen atoms in total. The summed E-state index contributed by atoms with van der Waals surface area (Å²) in [6.45, 7) is 3.61. The molecule has 2 aliphatic heterocycles. The lowest BCUT2D eigenvalue weighted by atomic mass is 10.1. The van der Waals surface area contributed by atoms with E-state index >= 15 is 0 Å². The van der Waals surface area contributed by atoms with Crippen molar-refractivity contribution in [3.8, 4) is 0 Å². The molecule has 1 unspecified atom stereocenters. The lowest BCUT2D eigenvalue weighted by Gasteiger charge is -2.36. The molecular formula is C10H15N3O3. The topological polar surface area (TPSA) is 69.7 Å². The van der Waals surface area contributed by atoms with Crippen molar-refractivity contribution in [3.63, 3.8) is 0 Å². The van der Waals surface area contributed by atoms with Gasteiger partial charge in [-0.05, 0) is 6.92 Å². The normalized spacial score (nSPS) is 24.1. The first kappa shape index (κ1) is 10.9. The molecule has 0 aromatic carbocycles. The maximum atomic E-state index is 11.7. The number of hydrogen-bond acceptors (Lipinski definition) is 3. The molecule has 0 aromatic rings. The fraction of sp³-hybridized carbons (Fsp3) is 0.700. The second-order valence-electron chi connectivity index (χ2n) is 4.25. The van der Waals surface area contributed by atoms with Crippen LogP contribution in [0.3, 0.4) is 0 Å². The first-order valence-electron chi connectivity index (χ1n) is 5.39. The Kier molecular flexibility index (Phi) is 2.80. The molecule has 1 N–H and O–H groups in total. The highest BCUT2D eigenvalue weighted by molar-refractivity contribution is 5.96. The summed E-state index contributed by atoms with van der Waals surface area (Å²) in [7, 11) is 0. The highest BCUT2D eigenvalue weighted by Crippen LogP contribution is 2.14. The number of fused-ring (bicyclic) bond motifs is 1. The van der Waals surface area contributed by atoms with Crippen LogP contribution in [-0.2, 0) is 9.59 Å². The van der Waals surface area contributed by atoms with Crippen LogP contribution in [0.5, 0.6) is 0 Å². The molecule has 3 amide bonds. The van der Waals surface area contributed by atoms with Gasteiger partial charge in [0, 0.05) is 26.2 Å². The van der Waals surface area contributed by atoms with Crippen LogP contribution < -0.4 is 5.32 Å². The Bertz CT molecular complexity index is 342. The van der Waals surface area contributed by atoms with Gasteiger partial charge >= 0.3 is 6.03 Å². The summed E-state index contributed by atoms with van der Waals surface area (Å²) in [4.78, 5) is 37.2. The van der Waals surface area contributed by atoms with E-state index in [2.05, 4.69) is 5.32 Å². The Labute approximate surface area is 93.6 Å². The van der Waals surface area contributed by atoms with E-state index in [0.717, 1.165) is 0 Å². The molecule has 0 radical (unpaired) electrons. The summed E-state index contributed by atoms with van der Waals surface area (Å²) in [6.07, 6.45) is -0.0336. The zero-order chi connectivity index (χ0) is 11.7. The average molecular weight is 225 g/mol. The minimum atomic E-state index is -0.133. The summed E-state index contributed by atoms with van der Waals surface area (Å²) in [5.74, 6) is -0.250. The van der Waals surface area contributed by atoms with Gasteiger partial charge in [-0.1, -0.05) is 0 Å². The van der Waals surface area contributed by atoms with Crippen molar-refractivity contribution in [2.24, 2.45) is 0 Å². The van der Waals surface area contributed by atoms with Gasteiger partial charge in [0.15, 0.2) is 0 Å². The number of carbonyl (C=O) groups is 3. The van der Waals surface area contributed by atoms with Crippen LogP contribution in [0, 0.1) is 0 Å². The third-order valence-corrected chi connectivity index (χ3v) is 2.99. The van der Waals surface area contributed by atoms with Crippen molar-refractivity contribution in [3.05, 3.63) is 0 Å². The van der Waals surface area contributed by atoms with Crippen molar-refractivity contribution in [1.82, 2.24) is 15.1 Å².